The lowest BCUT2D eigenvalue weighted by molar-refractivity contribution is -0.110. The highest BCUT2D eigenvalue weighted by Gasteiger charge is 2.27. The fraction of sp³-hybridized carbons (Fsp3) is 0.0417. The van der Waals surface area contributed by atoms with Crippen molar-refractivity contribution in [3.8, 4) is 5.75 Å². The molecule has 0 bridgehead atoms. The Morgan fingerprint density at radius 1 is 0.969 bits per heavy atom. The molecule has 8 heteroatoms. The summed E-state index contributed by atoms with van der Waals surface area (Å²) in [5, 5.41) is 3.82. The van der Waals surface area contributed by atoms with Crippen LogP contribution in [0.1, 0.15) is 11.3 Å². The predicted molar refractivity (Wildman–Crippen MR) is 125 cm³/mol. The topological polar surface area (TPSA) is 100 Å². The minimum absolute atomic E-state index is 0.0428. The second kappa shape index (κ2) is 7.58. The molecule has 0 radical (unpaired) electrons. The number of sulfonamides is 1. The quantitative estimate of drug-likeness (QED) is 0.395. The van der Waals surface area contributed by atoms with Gasteiger partial charge in [-0.2, -0.15) is 0 Å². The fourth-order valence-electron chi connectivity index (χ4n) is 3.74. The maximum Gasteiger partial charge on any atom is 0.262 e. The van der Waals surface area contributed by atoms with Crippen LogP contribution < -0.4 is 14.8 Å². The number of carbonyl (C=O) groups is 1. The third-order valence-corrected chi connectivity index (χ3v) is 6.65. The number of amides is 1. The third kappa shape index (κ3) is 3.50. The largest absolute Gasteiger partial charge is 0.495 e. The van der Waals surface area contributed by atoms with E-state index in [1.165, 1.54) is 19.2 Å². The highest BCUT2D eigenvalue weighted by Crippen LogP contribution is 2.36. The molecule has 3 N–H and O–H groups in total. The van der Waals surface area contributed by atoms with E-state index in [0.29, 0.717) is 28.3 Å². The summed E-state index contributed by atoms with van der Waals surface area (Å²) in [6.45, 7) is 0. The zero-order valence-electron chi connectivity index (χ0n) is 17.0. The van der Waals surface area contributed by atoms with Gasteiger partial charge in [-0.1, -0.05) is 30.3 Å². The van der Waals surface area contributed by atoms with Crippen LogP contribution in [0.3, 0.4) is 0 Å². The molecule has 1 aromatic heterocycles. The van der Waals surface area contributed by atoms with Crippen molar-refractivity contribution < 1.29 is 17.9 Å². The molecule has 2 heterocycles. The van der Waals surface area contributed by atoms with Gasteiger partial charge in [0.25, 0.3) is 15.9 Å². The number of nitrogens with one attached hydrogen (secondary N) is 3. The van der Waals surface area contributed by atoms with E-state index in [-0.39, 0.29) is 10.8 Å². The van der Waals surface area contributed by atoms with Gasteiger partial charge in [0.2, 0.25) is 0 Å². The molecule has 0 saturated carbocycles. The van der Waals surface area contributed by atoms with Crippen molar-refractivity contribution in [3.05, 3.63) is 84.1 Å². The van der Waals surface area contributed by atoms with Gasteiger partial charge in [-0.25, -0.2) is 8.42 Å². The highest BCUT2D eigenvalue weighted by molar-refractivity contribution is 7.92. The molecule has 4 aromatic rings. The van der Waals surface area contributed by atoms with E-state index in [4.69, 9.17) is 4.74 Å². The maximum atomic E-state index is 13.0. The molecule has 1 aliphatic heterocycles. The van der Waals surface area contributed by atoms with Crippen molar-refractivity contribution >= 4 is 49.9 Å². The van der Waals surface area contributed by atoms with Crippen molar-refractivity contribution in [2.24, 2.45) is 0 Å². The molecule has 0 atom stereocenters. The van der Waals surface area contributed by atoms with Gasteiger partial charge in [0, 0.05) is 22.5 Å². The maximum absolute atomic E-state index is 13.0. The number of fused-ring (bicyclic) bond motifs is 2. The monoisotopic (exact) mass is 445 g/mol. The lowest BCUT2D eigenvalue weighted by Gasteiger charge is -2.12. The molecule has 0 unspecified atom stereocenters. The smallest absolute Gasteiger partial charge is 0.262 e. The highest BCUT2D eigenvalue weighted by atomic mass is 32.2. The molecule has 1 amide bonds. The van der Waals surface area contributed by atoms with Crippen molar-refractivity contribution in [2.45, 2.75) is 4.90 Å². The van der Waals surface area contributed by atoms with Crippen LogP contribution in [0.2, 0.25) is 0 Å². The van der Waals surface area contributed by atoms with E-state index in [1.54, 1.807) is 36.4 Å². The number of anilines is 2. The van der Waals surface area contributed by atoms with Crippen LogP contribution in [-0.4, -0.2) is 26.4 Å². The first kappa shape index (κ1) is 19.9. The molecule has 3 aromatic carbocycles. The molecule has 160 valence electrons. The van der Waals surface area contributed by atoms with Crippen molar-refractivity contribution in [2.75, 3.05) is 17.1 Å². The van der Waals surface area contributed by atoms with Gasteiger partial charge in [0.05, 0.1) is 23.3 Å². The Balaban J connectivity index is 1.53. The van der Waals surface area contributed by atoms with Gasteiger partial charge in [-0.15, -0.1) is 0 Å². The number of benzene rings is 3. The first-order chi connectivity index (χ1) is 15.4. The summed E-state index contributed by atoms with van der Waals surface area (Å²) in [6, 6.07) is 21.1. The summed E-state index contributed by atoms with van der Waals surface area (Å²) in [5.74, 6) is 0.124. The van der Waals surface area contributed by atoms with Crippen LogP contribution in [0.25, 0.3) is 22.6 Å². The summed E-state index contributed by atoms with van der Waals surface area (Å²) >= 11 is 0. The summed E-state index contributed by atoms with van der Waals surface area (Å²) in [7, 11) is -2.43. The van der Waals surface area contributed by atoms with Gasteiger partial charge in [0.15, 0.2) is 0 Å². The molecule has 0 fully saturated rings. The average molecular weight is 446 g/mol. The molecule has 0 spiro atoms. The number of methoxy groups -OCH3 is 1. The van der Waals surface area contributed by atoms with E-state index in [0.717, 1.165) is 16.6 Å². The minimum Gasteiger partial charge on any atom is -0.495 e. The Morgan fingerprint density at radius 3 is 2.56 bits per heavy atom. The standard InChI is InChI=1S/C24H19N3O4S/c1-31-23-9-5-4-8-22(23)27-32(29,30)17-10-11-21-18(14-17)19(24(28)26-21)13-16-12-15-6-2-3-7-20(15)25-16/h2-14,25,27H,1H3,(H,26,28). The molecule has 7 nitrogen and oxygen atoms in total. The van der Waals surface area contributed by atoms with Gasteiger partial charge >= 0.3 is 0 Å². The number of ether oxygens (including phenoxy) is 1. The van der Waals surface area contributed by atoms with E-state index in [9.17, 15) is 13.2 Å². The van der Waals surface area contributed by atoms with Crippen LogP contribution in [-0.2, 0) is 14.8 Å². The van der Waals surface area contributed by atoms with Crippen LogP contribution in [0.15, 0.2) is 77.7 Å². The molecule has 32 heavy (non-hydrogen) atoms. The van der Waals surface area contributed by atoms with Crippen LogP contribution in [0, 0.1) is 0 Å². The summed E-state index contributed by atoms with van der Waals surface area (Å²) in [5.41, 5.74) is 3.52. The number of aromatic nitrogens is 1. The van der Waals surface area contributed by atoms with Gasteiger partial charge in [-0.05, 0) is 53.9 Å². The summed E-state index contributed by atoms with van der Waals surface area (Å²) in [4.78, 5) is 15.9. The molecular weight excluding hydrogens is 426 g/mol. The van der Waals surface area contributed by atoms with Crippen LogP contribution in [0.4, 0.5) is 11.4 Å². The molecule has 0 saturated heterocycles. The predicted octanol–water partition coefficient (Wildman–Crippen LogP) is 4.47. The van der Waals surface area contributed by atoms with Crippen LogP contribution >= 0.6 is 0 Å². The van der Waals surface area contributed by atoms with E-state index in [1.807, 2.05) is 30.3 Å². The van der Waals surface area contributed by atoms with Gasteiger partial charge < -0.3 is 15.0 Å². The number of H-pyrrole nitrogens is 1. The first-order valence-corrected chi connectivity index (χ1v) is 11.3. The van der Waals surface area contributed by atoms with E-state index < -0.39 is 10.0 Å². The Kier molecular flexibility index (Phi) is 4.71. The zero-order valence-corrected chi connectivity index (χ0v) is 17.9. The fourth-order valence-corrected chi connectivity index (χ4v) is 4.84. The SMILES string of the molecule is COc1ccccc1NS(=O)(=O)c1ccc2c(c1)C(=Cc1cc3ccccc3[nH]1)C(=O)N2. The summed E-state index contributed by atoms with van der Waals surface area (Å²) in [6.07, 6.45) is 1.73. The molecular formula is C24H19N3O4S. The lowest BCUT2D eigenvalue weighted by atomic mass is 10.1. The van der Waals surface area contributed by atoms with E-state index >= 15 is 0 Å². The van der Waals surface area contributed by atoms with E-state index in [2.05, 4.69) is 15.0 Å². The van der Waals surface area contributed by atoms with Crippen molar-refractivity contribution in [3.63, 3.8) is 0 Å². The lowest BCUT2D eigenvalue weighted by Crippen LogP contribution is -2.13. The number of para-hydroxylation sites is 3. The number of hydrogen-bond acceptors (Lipinski definition) is 4. The number of hydrogen-bond donors (Lipinski definition) is 3. The van der Waals surface area contributed by atoms with Crippen molar-refractivity contribution in [1.82, 2.24) is 4.98 Å². The number of rotatable bonds is 5. The first-order valence-electron chi connectivity index (χ1n) is 9.86. The zero-order chi connectivity index (χ0) is 22.3. The minimum atomic E-state index is -3.91. The second-order valence-corrected chi connectivity index (χ2v) is 9.02. The molecule has 0 aliphatic carbocycles. The van der Waals surface area contributed by atoms with Crippen LogP contribution in [0.5, 0.6) is 5.75 Å². The van der Waals surface area contributed by atoms with Crippen molar-refractivity contribution in [1.29, 1.82) is 0 Å². The Hall–Kier alpha value is -4.04. The number of aromatic amines is 1. The molecule has 5 rings (SSSR count). The average Bonchev–Trinajstić information content (AvgIpc) is 3.34. The Labute approximate surface area is 184 Å². The molecule has 1 aliphatic rings. The third-order valence-electron chi connectivity index (χ3n) is 5.29. The second-order valence-electron chi connectivity index (χ2n) is 7.34. The Bertz CT molecular complexity index is 1470. The Morgan fingerprint density at radius 2 is 1.75 bits per heavy atom. The van der Waals surface area contributed by atoms with Gasteiger partial charge in [0.1, 0.15) is 5.75 Å². The summed E-state index contributed by atoms with van der Waals surface area (Å²) < 4.78 is 33.9. The number of carbonyl (C=O) groups excluding carboxylic acids is 1. The normalized spacial score (nSPS) is 14.4. The van der Waals surface area contributed by atoms with Gasteiger partial charge in [-0.3, -0.25) is 9.52 Å².